The minimum Gasteiger partial charge on any atom is -0.394 e. The smallest absolute Gasteiger partial charge is 0.251 e. The van der Waals surface area contributed by atoms with E-state index >= 15 is 4.39 Å². The largest absolute Gasteiger partial charge is 0.394 e. The molecule has 1 saturated heterocycles. The van der Waals surface area contributed by atoms with Gasteiger partial charge in [-0.2, -0.15) is 0 Å². The van der Waals surface area contributed by atoms with E-state index in [-0.39, 0.29) is 28.5 Å². The van der Waals surface area contributed by atoms with E-state index in [0.717, 1.165) is 37.3 Å². The third-order valence-corrected chi connectivity index (χ3v) is 7.19. The average Bonchev–Trinajstić information content (AvgIpc) is 3.34. The molecule has 13 heteroatoms. The third-order valence-electron chi connectivity index (χ3n) is 7.19. The molecule has 1 fully saturated rings. The molecule has 4 aromatic rings. The van der Waals surface area contributed by atoms with Crippen LogP contribution < -0.4 is 15.5 Å². The number of benzene rings is 1. The molecule has 1 aliphatic rings. The van der Waals surface area contributed by atoms with Crippen molar-refractivity contribution in [2.24, 2.45) is 0 Å². The lowest BCUT2D eigenvalue weighted by molar-refractivity contribution is 0.0879. The summed E-state index contributed by atoms with van der Waals surface area (Å²) in [6.07, 6.45) is 9.90. The van der Waals surface area contributed by atoms with Crippen LogP contribution in [0.1, 0.15) is 48.1 Å². The standard InChI is InChI=1S/C28H32F2N8O3/c1-2-3-17-11-31-28(32-12-17)37-8-6-20(7-9-37)38-13-22(30)24-25(33-16-34-26(24)38)36-23-5-4-18(10-21(23)29)27(41)35-19(14-39)15-40/h4-5,10-13,16,19-20,39-40H,2-3,6-9,14-15H2,1H3,(H,35,41)(H,33,34,36). The zero-order valence-electron chi connectivity index (χ0n) is 22.6. The minimum atomic E-state index is -0.859. The van der Waals surface area contributed by atoms with Crippen molar-refractivity contribution in [2.75, 3.05) is 36.5 Å². The number of aromatic nitrogens is 5. The molecule has 41 heavy (non-hydrogen) atoms. The summed E-state index contributed by atoms with van der Waals surface area (Å²) in [6.45, 7) is 2.61. The molecule has 1 aromatic carbocycles. The van der Waals surface area contributed by atoms with Crippen LogP contribution >= 0.6 is 0 Å². The molecule has 0 unspecified atom stereocenters. The molecule has 0 spiro atoms. The predicted molar refractivity (Wildman–Crippen MR) is 149 cm³/mol. The molecule has 11 nitrogen and oxygen atoms in total. The zero-order chi connectivity index (χ0) is 28.9. The highest BCUT2D eigenvalue weighted by atomic mass is 19.1. The molecule has 4 heterocycles. The Hall–Kier alpha value is -4.23. The van der Waals surface area contributed by atoms with Crippen LogP contribution in [0.2, 0.25) is 0 Å². The van der Waals surface area contributed by atoms with Crippen LogP contribution in [-0.2, 0) is 6.42 Å². The summed E-state index contributed by atoms with van der Waals surface area (Å²) >= 11 is 0. The molecule has 3 aromatic heterocycles. The van der Waals surface area contributed by atoms with Crippen LogP contribution in [0.5, 0.6) is 0 Å². The first kappa shape index (κ1) is 28.3. The predicted octanol–water partition coefficient (Wildman–Crippen LogP) is 3.12. The first-order valence-electron chi connectivity index (χ1n) is 13.6. The maximum absolute atomic E-state index is 15.3. The van der Waals surface area contributed by atoms with Crippen molar-refractivity contribution in [1.82, 2.24) is 29.8 Å². The Morgan fingerprint density at radius 3 is 2.46 bits per heavy atom. The van der Waals surface area contributed by atoms with Gasteiger partial charge in [-0.1, -0.05) is 13.3 Å². The maximum atomic E-state index is 15.3. The number of halogens is 2. The summed E-state index contributed by atoms with van der Waals surface area (Å²) in [4.78, 5) is 31.9. The number of nitrogens with one attached hydrogen (secondary N) is 2. The van der Waals surface area contributed by atoms with Crippen molar-refractivity contribution in [3.8, 4) is 0 Å². The first-order valence-corrected chi connectivity index (χ1v) is 13.6. The molecule has 1 amide bonds. The number of carbonyl (C=O) groups is 1. The molecular weight excluding hydrogens is 534 g/mol. The average molecular weight is 567 g/mol. The van der Waals surface area contributed by atoms with Gasteiger partial charge in [-0.3, -0.25) is 4.79 Å². The van der Waals surface area contributed by atoms with Crippen LogP contribution in [0, 0.1) is 11.6 Å². The van der Waals surface area contributed by atoms with E-state index in [4.69, 9.17) is 10.2 Å². The molecule has 5 rings (SSSR count). The summed E-state index contributed by atoms with van der Waals surface area (Å²) in [7, 11) is 0. The van der Waals surface area contributed by atoms with Gasteiger partial charge in [0, 0.05) is 43.3 Å². The minimum absolute atomic E-state index is 0.00115. The Morgan fingerprint density at radius 1 is 1.07 bits per heavy atom. The van der Waals surface area contributed by atoms with Crippen molar-refractivity contribution in [3.63, 3.8) is 0 Å². The van der Waals surface area contributed by atoms with E-state index in [9.17, 15) is 9.18 Å². The highest BCUT2D eigenvalue weighted by Gasteiger charge is 2.26. The topological polar surface area (TPSA) is 141 Å². The molecule has 0 saturated carbocycles. The number of nitrogens with zero attached hydrogens (tertiary/aromatic N) is 6. The van der Waals surface area contributed by atoms with E-state index in [1.54, 1.807) is 0 Å². The Balaban J connectivity index is 1.31. The molecule has 0 aliphatic carbocycles. The van der Waals surface area contributed by atoms with Gasteiger partial charge in [0.25, 0.3) is 5.91 Å². The molecule has 0 radical (unpaired) electrons. The highest BCUT2D eigenvalue weighted by Crippen LogP contribution is 2.33. The number of rotatable bonds is 10. The number of fused-ring (bicyclic) bond motifs is 1. The van der Waals surface area contributed by atoms with Gasteiger partial charge in [0.15, 0.2) is 5.82 Å². The van der Waals surface area contributed by atoms with Crippen LogP contribution in [0.3, 0.4) is 0 Å². The van der Waals surface area contributed by atoms with Gasteiger partial charge in [-0.15, -0.1) is 0 Å². The van der Waals surface area contributed by atoms with Crippen molar-refractivity contribution >= 4 is 34.4 Å². The van der Waals surface area contributed by atoms with Gasteiger partial charge >= 0.3 is 0 Å². The van der Waals surface area contributed by atoms with E-state index in [1.807, 2.05) is 17.0 Å². The lowest BCUT2D eigenvalue weighted by atomic mass is 10.1. The summed E-state index contributed by atoms with van der Waals surface area (Å²) in [5, 5.41) is 23.7. The molecular formula is C28H32F2N8O3. The Labute approximate surface area is 235 Å². The lowest BCUT2D eigenvalue weighted by Crippen LogP contribution is -2.40. The zero-order valence-corrected chi connectivity index (χ0v) is 22.6. The summed E-state index contributed by atoms with van der Waals surface area (Å²) in [5.74, 6) is -1.15. The second-order valence-corrected chi connectivity index (χ2v) is 10.0. The van der Waals surface area contributed by atoms with Gasteiger partial charge in [-0.05, 0) is 43.0 Å². The number of aryl methyl sites for hydroxylation is 1. The number of hydrogen-bond donors (Lipinski definition) is 4. The van der Waals surface area contributed by atoms with Crippen LogP contribution in [-0.4, -0.2) is 73.0 Å². The van der Waals surface area contributed by atoms with Crippen molar-refractivity contribution in [1.29, 1.82) is 0 Å². The van der Waals surface area contributed by atoms with Crippen molar-refractivity contribution < 1.29 is 23.8 Å². The van der Waals surface area contributed by atoms with Gasteiger partial charge in [0.1, 0.15) is 23.6 Å². The normalized spacial score (nSPS) is 14.1. The van der Waals surface area contributed by atoms with Gasteiger partial charge in [0.05, 0.1) is 30.3 Å². The molecule has 0 atom stereocenters. The fraction of sp³-hybridized carbons (Fsp3) is 0.393. The number of aliphatic hydroxyl groups is 2. The van der Waals surface area contributed by atoms with Crippen LogP contribution in [0.15, 0.2) is 43.1 Å². The fourth-order valence-corrected chi connectivity index (χ4v) is 4.99. The quantitative estimate of drug-likeness (QED) is 0.228. The first-order chi connectivity index (χ1) is 19.9. The second-order valence-electron chi connectivity index (χ2n) is 10.0. The van der Waals surface area contributed by atoms with E-state index in [2.05, 4.69) is 42.4 Å². The Bertz CT molecular complexity index is 1500. The van der Waals surface area contributed by atoms with Crippen LogP contribution in [0.4, 0.5) is 26.2 Å². The number of amides is 1. The van der Waals surface area contributed by atoms with Crippen molar-refractivity contribution in [2.45, 2.75) is 44.7 Å². The molecule has 0 bridgehead atoms. The maximum Gasteiger partial charge on any atom is 0.251 e. The number of aliphatic hydroxyl groups excluding tert-OH is 2. The third kappa shape index (κ3) is 6.10. The molecule has 4 N–H and O–H groups in total. The van der Waals surface area contributed by atoms with Gasteiger partial charge in [0.2, 0.25) is 5.95 Å². The summed E-state index contributed by atoms with van der Waals surface area (Å²) < 4.78 is 32.0. The highest BCUT2D eigenvalue weighted by molar-refractivity contribution is 5.95. The second kappa shape index (κ2) is 12.5. The van der Waals surface area contributed by atoms with E-state index in [0.29, 0.717) is 24.7 Å². The number of anilines is 3. The summed E-state index contributed by atoms with van der Waals surface area (Å²) in [6, 6.07) is 2.87. The monoisotopic (exact) mass is 566 g/mol. The number of piperidine rings is 1. The van der Waals surface area contributed by atoms with E-state index in [1.165, 1.54) is 24.7 Å². The SMILES string of the molecule is CCCc1cnc(N2CCC(n3cc(F)c4c(Nc5ccc(C(=O)NC(CO)CO)cc5F)ncnc43)CC2)nc1. The fourth-order valence-electron chi connectivity index (χ4n) is 4.99. The van der Waals surface area contributed by atoms with E-state index < -0.39 is 36.8 Å². The number of hydrogen-bond acceptors (Lipinski definition) is 9. The van der Waals surface area contributed by atoms with Gasteiger partial charge < -0.3 is 30.3 Å². The summed E-state index contributed by atoms with van der Waals surface area (Å²) in [5.41, 5.74) is 1.50. The Morgan fingerprint density at radius 2 is 1.80 bits per heavy atom. The van der Waals surface area contributed by atoms with Gasteiger partial charge in [-0.25, -0.2) is 28.7 Å². The lowest BCUT2D eigenvalue weighted by Gasteiger charge is -2.32. The molecule has 216 valence electrons. The van der Waals surface area contributed by atoms with Crippen LogP contribution in [0.25, 0.3) is 11.0 Å². The Kier molecular flexibility index (Phi) is 8.64. The number of carbonyl (C=O) groups excluding carboxylic acids is 1. The van der Waals surface area contributed by atoms with Crippen molar-refractivity contribution in [3.05, 3.63) is 65.9 Å². The molecule has 1 aliphatic heterocycles.